The van der Waals surface area contributed by atoms with E-state index in [9.17, 15) is 19.8 Å². The van der Waals surface area contributed by atoms with Gasteiger partial charge in [-0.25, -0.2) is 0 Å². The van der Waals surface area contributed by atoms with Crippen molar-refractivity contribution in [3.05, 3.63) is 73.7 Å². The average Bonchev–Trinajstić information content (AvgIpc) is 2.64. The fourth-order valence-corrected chi connectivity index (χ4v) is 4.38. The Morgan fingerprint density at radius 2 is 1.32 bits per heavy atom. The molecule has 28 heavy (non-hydrogen) atoms. The summed E-state index contributed by atoms with van der Waals surface area (Å²) in [5.41, 5.74) is 6.56. The van der Waals surface area contributed by atoms with Gasteiger partial charge in [-0.15, -0.1) is 0 Å². The molecule has 0 fully saturated rings. The number of hydrogen-bond acceptors (Lipinski definition) is 6. The van der Waals surface area contributed by atoms with Crippen LogP contribution in [0.3, 0.4) is 0 Å². The van der Waals surface area contributed by atoms with Crippen LogP contribution < -0.4 is 11.1 Å². The average molecular weight is 504 g/mol. The van der Waals surface area contributed by atoms with E-state index in [1.807, 2.05) is 12.1 Å². The molecule has 3 aromatic rings. The highest BCUT2D eigenvalue weighted by Crippen LogP contribution is 2.42. The number of phenolic OH excluding ortho intramolecular Hbond substituents is 2. The molecule has 4 rings (SSSR count). The molecule has 0 unspecified atom stereocenters. The molecule has 0 aliphatic heterocycles. The molecule has 0 amide bonds. The summed E-state index contributed by atoms with van der Waals surface area (Å²) in [6, 6.07) is 10.9. The number of benzene rings is 3. The first kappa shape index (κ1) is 18.5. The van der Waals surface area contributed by atoms with Crippen LogP contribution in [0, 0.1) is 0 Å². The van der Waals surface area contributed by atoms with E-state index >= 15 is 0 Å². The molecule has 0 saturated carbocycles. The molecular weight excluding hydrogens is 492 g/mol. The Hall–Kier alpha value is -2.84. The smallest absolute Gasteiger partial charge is 0.202 e. The summed E-state index contributed by atoms with van der Waals surface area (Å²) in [4.78, 5) is 26.2. The Kier molecular flexibility index (Phi) is 4.40. The summed E-state index contributed by atoms with van der Waals surface area (Å²) in [6.07, 6.45) is 0. The Bertz CT molecular complexity index is 1190. The van der Waals surface area contributed by atoms with E-state index in [0.717, 1.165) is 8.95 Å². The first-order valence-corrected chi connectivity index (χ1v) is 9.67. The SMILES string of the molecule is Nc1ccc(O)c2c1C(=O)c1c(Nc3ccc(Br)cc3Br)ccc(O)c1C2=O. The minimum absolute atomic E-state index is 0.00428. The number of phenols is 2. The topological polar surface area (TPSA) is 113 Å². The largest absolute Gasteiger partial charge is 0.507 e. The number of nitrogen functional groups attached to an aromatic ring is 1. The molecule has 0 bridgehead atoms. The van der Waals surface area contributed by atoms with Crippen LogP contribution >= 0.6 is 31.9 Å². The Balaban J connectivity index is 1.94. The minimum Gasteiger partial charge on any atom is -0.507 e. The van der Waals surface area contributed by atoms with Crippen molar-refractivity contribution in [2.24, 2.45) is 0 Å². The van der Waals surface area contributed by atoms with Crippen molar-refractivity contribution in [3.8, 4) is 11.5 Å². The lowest BCUT2D eigenvalue weighted by Crippen LogP contribution is -2.24. The molecule has 5 N–H and O–H groups in total. The van der Waals surface area contributed by atoms with E-state index < -0.39 is 11.6 Å². The highest BCUT2D eigenvalue weighted by atomic mass is 79.9. The summed E-state index contributed by atoms with van der Waals surface area (Å²) in [5, 5.41) is 23.5. The zero-order valence-electron chi connectivity index (χ0n) is 14.1. The van der Waals surface area contributed by atoms with E-state index in [0.29, 0.717) is 11.4 Å². The molecule has 3 aromatic carbocycles. The molecule has 8 heteroatoms. The molecule has 0 atom stereocenters. The summed E-state index contributed by atoms with van der Waals surface area (Å²) >= 11 is 6.82. The van der Waals surface area contributed by atoms with Crippen molar-refractivity contribution < 1.29 is 19.8 Å². The van der Waals surface area contributed by atoms with Gasteiger partial charge in [0.25, 0.3) is 0 Å². The highest BCUT2D eigenvalue weighted by Gasteiger charge is 2.37. The molecule has 0 spiro atoms. The van der Waals surface area contributed by atoms with Gasteiger partial charge < -0.3 is 21.3 Å². The highest BCUT2D eigenvalue weighted by molar-refractivity contribution is 9.11. The first-order valence-electron chi connectivity index (χ1n) is 8.08. The van der Waals surface area contributed by atoms with Crippen LogP contribution in [0.2, 0.25) is 0 Å². The van der Waals surface area contributed by atoms with Gasteiger partial charge in [-0.05, 0) is 58.4 Å². The normalized spacial score (nSPS) is 12.5. The monoisotopic (exact) mass is 502 g/mol. The third kappa shape index (κ3) is 2.76. The molecule has 1 aliphatic rings. The molecule has 0 saturated heterocycles. The molecular formula is C20H12Br2N2O4. The lowest BCUT2D eigenvalue weighted by Gasteiger charge is -2.23. The second-order valence-corrected chi connectivity index (χ2v) is 7.98. The van der Waals surface area contributed by atoms with Gasteiger partial charge in [0.2, 0.25) is 5.78 Å². The van der Waals surface area contributed by atoms with E-state index in [1.165, 1.54) is 24.3 Å². The van der Waals surface area contributed by atoms with Crippen LogP contribution in [0.4, 0.5) is 17.1 Å². The van der Waals surface area contributed by atoms with Crippen molar-refractivity contribution >= 4 is 60.5 Å². The fourth-order valence-electron chi connectivity index (χ4n) is 3.23. The molecule has 0 heterocycles. The van der Waals surface area contributed by atoms with Crippen LogP contribution in [0.15, 0.2) is 51.4 Å². The summed E-state index contributed by atoms with van der Waals surface area (Å²) in [6.45, 7) is 0. The van der Waals surface area contributed by atoms with Crippen LogP contribution in [-0.2, 0) is 0 Å². The van der Waals surface area contributed by atoms with E-state index in [-0.39, 0.29) is 39.4 Å². The van der Waals surface area contributed by atoms with Gasteiger partial charge in [0.15, 0.2) is 5.78 Å². The van der Waals surface area contributed by atoms with Crippen LogP contribution in [-0.4, -0.2) is 21.8 Å². The number of carbonyl (C=O) groups is 2. The molecule has 0 radical (unpaired) electrons. The quantitative estimate of drug-likeness (QED) is 0.232. The Labute approximate surface area is 176 Å². The zero-order chi connectivity index (χ0) is 20.2. The number of halogens is 2. The van der Waals surface area contributed by atoms with E-state index in [2.05, 4.69) is 37.2 Å². The minimum atomic E-state index is -0.662. The van der Waals surface area contributed by atoms with Crippen molar-refractivity contribution in [2.75, 3.05) is 11.1 Å². The number of nitrogens with one attached hydrogen (secondary N) is 1. The zero-order valence-corrected chi connectivity index (χ0v) is 17.3. The van der Waals surface area contributed by atoms with Gasteiger partial charge in [-0.1, -0.05) is 15.9 Å². The predicted octanol–water partition coefficient (Wildman–Crippen LogP) is 4.72. The van der Waals surface area contributed by atoms with Gasteiger partial charge in [-0.2, -0.15) is 0 Å². The van der Waals surface area contributed by atoms with Gasteiger partial charge in [-0.3, -0.25) is 9.59 Å². The van der Waals surface area contributed by atoms with Gasteiger partial charge in [0.05, 0.1) is 33.6 Å². The predicted molar refractivity (Wildman–Crippen MR) is 113 cm³/mol. The third-order valence-corrected chi connectivity index (χ3v) is 5.66. The fraction of sp³-hybridized carbons (Fsp3) is 0. The van der Waals surface area contributed by atoms with Gasteiger partial charge in [0.1, 0.15) is 11.5 Å². The standard InChI is InChI=1S/C20H12Br2N2O4/c21-8-1-3-11(9(22)7-8)24-12-4-6-14(26)18-16(12)19(27)15-10(23)2-5-13(25)17(15)20(18)28/h1-7,24-26H,23H2. The lowest BCUT2D eigenvalue weighted by molar-refractivity contribution is 0.0975. The Morgan fingerprint density at radius 3 is 2.00 bits per heavy atom. The molecule has 1 aliphatic carbocycles. The second kappa shape index (κ2) is 6.65. The van der Waals surface area contributed by atoms with Crippen LogP contribution in [0.5, 0.6) is 11.5 Å². The summed E-state index contributed by atoms with van der Waals surface area (Å²) in [5.74, 6) is -1.92. The Morgan fingerprint density at radius 1 is 0.750 bits per heavy atom. The number of rotatable bonds is 2. The van der Waals surface area contributed by atoms with E-state index in [4.69, 9.17) is 5.73 Å². The molecule has 0 aromatic heterocycles. The number of carbonyl (C=O) groups excluding carboxylic acids is 2. The number of aromatic hydroxyl groups is 2. The van der Waals surface area contributed by atoms with Crippen molar-refractivity contribution in [1.29, 1.82) is 0 Å². The van der Waals surface area contributed by atoms with E-state index in [1.54, 1.807) is 6.07 Å². The third-order valence-electron chi connectivity index (χ3n) is 4.51. The van der Waals surface area contributed by atoms with Crippen molar-refractivity contribution in [1.82, 2.24) is 0 Å². The first-order chi connectivity index (χ1) is 13.3. The maximum atomic E-state index is 13.2. The second-order valence-electron chi connectivity index (χ2n) is 6.21. The maximum absolute atomic E-state index is 13.2. The molecule has 6 nitrogen and oxygen atoms in total. The van der Waals surface area contributed by atoms with Crippen LogP contribution in [0.25, 0.3) is 0 Å². The number of nitrogens with two attached hydrogens (primary N) is 1. The van der Waals surface area contributed by atoms with Gasteiger partial charge >= 0.3 is 0 Å². The van der Waals surface area contributed by atoms with Crippen molar-refractivity contribution in [3.63, 3.8) is 0 Å². The number of anilines is 3. The van der Waals surface area contributed by atoms with Crippen LogP contribution in [0.1, 0.15) is 31.8 Å². The number of ketones is 2. The molecule has 140 valence electrons. The maximum Gasteiger partial charge on any atom is 0.202 e. The number of hydrogen-bond donors (Lipinski definition) is 4. The number of fused-ring (bicyclic) bond motifs is 2. The van der Waals surface area contributed by atoms with Gasteiger partial charge in [0, 0.05) is 14.6 Å². The van der Waals surface area contributed by atoms with Crippen molar-refractivity contribution in [2.45, 2.75) is 0 Å². The summed E-state index contributed by atoms with van der Waals surface area (Å²) in [7, 11) is 0. The lowest BCUT2D eigenvalue weighted by atomic mass is 9.81. The summed E-state index contributed by atoms with van der Waals surface area (Å²) < 4.78 is 1.59.